The molecule has 3 N–H and O–H groups in total. The SMILES string of the molecule is COc1ccc(N)c(NC(=O)CCC2CCCC2)c1.Cl. The van der Waals surface area contributed by atoms with E-state index in [1.165, 1.54) is 25.7 Å². The van der Waals surface area contributed by atoms with Gasteiger partial charge in [-0.25, -0.2) is 0 Å². The van der Waals surface area contributed by atoms with Gasteiger partial charge >= 0.3 is 0 Å². The number of hydrogen-bond acceptors (Lipinski definition) is 3. The third-order valence-electron chi connectivity index (χ3n) is 3.79. The molecule has 1 fully saturated rings. The molecule has 0 aliphatic heterocycles. The highest BCUT2D eigenvalue weighted by molar-refractivity contribution is 5.94. The lowest BCUT2D eigenvalue weighted by atomic mass is 10.0. The van der Waals surface area contributed by atoms with E-state index in [1.807, 2.05) is 0 Å². The van der Waals surface area contributed by atoms with Crippen LogP contribution in [0.15, 0.2) is 18.2 Å². The molecule has 0 aromatic heterocycles. The van der Waals surface area contributed by atoms with E-state index in [0.717, 1.165) is 12.3 Å². The van der Waals surface area contributed by atoms with Crippen molar-refractivity contribution in [2.45, 2.75) is 38.5 Å². The molecule has 1 aromatic rings. The van der Waals surface area contributed by atoms with Crippen LogP contribution in [-0.4, -0.2) is 13.0 Å². The van der Waals surface area contributed by atoms with Gasteiger partial charge in [-0.1, -0.05) is 25.7 Å². The van der Waals surface area contributed by atoms with Gasteiger partial charge in [0.1, 0.15) is 5.75 Å². The Kier molecular flexibility index (Phi) is 6.65. The Morgan fingerprint density at radius 3 is 2.75 bits per heavy atom. The minimum Gasteiger partial charge on any atom is -0.497 e. The molecule has 5 heteroatoms. The van der Waals surface area contributed by atoms with Gasteiger partial charge in [0.2, 0.25) is 5.91 Å². The molecular formula is C15H23ClN2O2. The zero-order valence-electron chi connectivity index (χ0n) is 11.9. The Balaban J connectivity index is 0.00000200. The number of amides is 1. The lowest BCUT2D eigenvalue weighted by Crippen LogP contribution is -2.14. The maximum Gasteiger partial charge on any atom is 0.224 e. The average molecular weight is 299 g/mol. The Morgan fingerprint density at radius 1 is 1.40 bits per heavy atom. The zero-order valence-corrected chi connectivity index (χ0v) is 12.7. The number of hydrogen-bond donors (Lipinski definition) is 2. The lowest BCUT2D eigenvalue weighted by molar-refractivity contribution is -0.116. The fourth-order valence-corrected chi connectivity index (χ4v) is 2.62. The number of halogens is 1. The maximum atomic E-state index is 11.9. The second kappa shape index (κ2) is 8.00. The van der Waals surface area contributed by atoms with E-state index in [-0.39, 0.29) is 18.3 Å². The Bertz CT molecular complexity index is 445. The molecule has 20 heavy (non-hydrogen) atoms. The van der Waals surface area contributed by atoms with E-state index in [2.05, 4.69) is 5.32 Å². The quantitative estimate of drug-likeness (QED) is 0.816. The molecule has 0 radical (unpaired) electrons. The van der Waals surface area contributed by atoms with Crippen LogP contribution in [0, 0.1) is 5.92 Å². The molecule has 4 nitrogen and oxygen atoms in total. The lowest BCUT2D eigenvalue weighted by Gasteiger charge is -2.11. The summed E-state index contributed by atoms with van der Waals surface area (Å²) in [6.07, 6.45) is 6.73. The predicted octanol–water partition coefficient (Wildman–Crippen LogP) is 3.61. The van der Waals surface area contributed by atoms with Crippen LogP contribution >= 0.6 is 12.4 Å². The largest absolute Gasteiger partial charge is 0.497 e. The van der Waals surface area contributed by atoms with Crippen molar-refractivity contribution in [3.63, 3.8) is 0 Å². The second-order valence-corrected chi connectivity index (χ2v) is 5.19. The van der Waals surface area contributed by atoms with Gasteiger partial charge in [-0.3, -0.25) is 4.79 Å². The third-order valence-corrected chi connectivity index (χ3v) is 3.79. The molecule has 1 aliphatic rings. The Morgan fingerprint density at radius 2 is 2.10 bits per heavy atom. The predicted molar refractivity (Wildman–Crippen MR) is 84.5 cm³/mol. The number of carbonyl (C=O) groups is 1. The highest BCUT2D eigenvalue weighted by atomic mass is 35.5. The van der Waals surface area contributed by atoms with Crippen molar-refractivity contribution in [3.05, 3.63) is 18.2 Å². The number of methoxy groups -OCH3 is 1. The number of benzene rings is 1. The molecule has 2 rings (SSSR count). The van der Waals surface area contributed by atoms with Gasteiger partial charge in [0.15, 0.2) is 0 Å². The molecule has 0 atom stereocenters. The van der Waals surface area contributed by atoms with Gasteiger partial charge < -0.3 is 15.8 Å². The summed E-state index contributed by atoms with van der Waals surface area (Å²) in [6, 6.07) is 5.28. The standard InChI is InChI=1S/C15H22N2O2.ClH/c1-19-12-7-8-13(16)14(10-12)17-15(18)9-6-11-4-2-3-5-11;/h7-8,10-11H,2-6,9,16H2,1H3,(H,17,18);1H. The van der Waals surface area contributed by atoms with E-state index in [4.69, 9.17) is 10.5 Å². The van der Waals surface area contributed by atoms with E-state index < -0.39 is 0 Å². The van der Waals surface area contributed by atoms with E-state index >= 15 is 0 Å². The number of nitrogens with one attached hydrogen (secondary N) is 1. The number of anilines is 2. The smallest absolute Gasteiger partial charge is 0.224 e. The maximum absolute atomic E-state index is 11.9. The number of rotatable bonds is 5. The van der Waals surface area contributed by atoms with Crippen molar-refractivity contribution >= 4 is 29.7 Å². The van der Waals surface area contributed by atoms with Crippen LogP contribution in [0.3, 0.4) is 0 Å². The van der Waals surface area contributed by atoms with Crippen molar-refractivity contribution in [2.24, 2.45) is 5.92 Å². The summed E-state index contributed by atoms with van der Waals surface area (Å²) < 4.78 is 5.13. The van der Waals surface area contributed by atoms with E-state index in [9.17, 15) is 4.79 Å². The summed E-state index contributed by atoms with van der Waals surface area (Å²) in [6.45, 7) is 0. The molecule has 1 aromatic carbocycles. The Hall–Kier alpha value is -1.42. The van der Waals surface area contributed by atoms with Crippen LogP contribution in [0.2, 0.25) is 0 Å². The monoisotopic (exact) mass is 298 g/mol. The van der Waals surface area contributed by atoms with Gasteiger partial charge in [-0.05, 0) is 24.5 Å². The summed E-state index contributed by atoms with van der Waals surface area (Å²) >= 11 is 0. The van der Waals surface area contributed by atoms with Gasteiger partial charge in [0, 0.05) is 12.5 Å². The highest BCUT2D eigenvalue weighted by Gasteiger charge is 2.16. The van der Waals surface area contributed by atoms with Gasteiger partial charge in [0.25, 0.3) is 0 Å². The van der Waals surface area contributed by atoms with Gasteiger partial charge in [-0.15, -0.1) is 12.4 Å². The second-order valence-electron chi connectivity index (χ2n) is 5.19. The van der Waals surface area contributed by atoms with Crippen LogP contribution in [-0.2, 0) is 4.79 Å². The molecule has 0 heterocycles. The van der Waals surface area contributed by atoms with Gasteiger partial charge in [0.05, 0.1) is 18.5 Å². The fourth-order valence-electron chi connectivity index (χ4n) is 2.62. The van der Waals surface area contributed by atoms with E-state index in [0.29, 0.717) is 23.5 Å². The highest BCUT2D eigenvalue weighted by Crippen LogP contribution is 2.29. The van der Waals surface area contributed by atoms with Crippen LogP contribution in [0.4, 0.5) is 11.4 Å². The van der Waals surface area contributed by atoms with Crippen molar-refractivity contribution in [1.82, 2.24) is 0 Å². The van der Waals surface area contributed by atoms with Crippen LogP contribution in [0.5, 0.6) is 5.75 Å². The number of carbonyl (C=O) groups excluding carboxylic acids is 1. The first-order valence-electron chi connectivity index (χ1n) is 6.92. The summed E-state index contributed by atoms with van der Waals surface area (Å²) in [7, 11) is 1.59. The minimum absolute atomic E-state index is 0. The minimum atomic E-state index is 0. The zero-order chi connectivity index (χ0) is 13.7. The summed E-state index contributed by atoms with van der Waals surface area (Å²) in [5, 5.41) is 2.86. The molecule has 1 aliphatic carbocycles. The van der Waals surface area contributed by atoms with Gasteiger partial charge in [-0.2, -0.15) is 0 Å². The van der Waals surface area contributed by atoms with Crippen molar-refractivity contribution in [1.29, 1.82) is 0 Å². The number of nitrogens with two attached hydrogens (primary N) is 1. The molecular weight excluding hydrogens is 276 g/mol. The molecule has 0 spiro atoms. The summed E-state index contributed by atoms with van der Waals surface area (Å²) in [5.74, 6) is 1.46. The summed E-state index contributed by atoms with van der Waals surface area (Å²) in [5.41, 5.74) is 7.04. The summed E-state index contributed by atoms with van der Waals surface area (Å²) in [4.78, 5) is 11.9. The average Bonchev–Trinajstić information content (AvgIpc) is 2.92. The van der Waals surface area contributed by atoms with Crippen LogP contribution in [0.1, 0.15) is 38.5 Å². The van der Waals surface area contributed by atoms with Crippen molar-refractivity contribution < 1.29 is 9.53 Å². The van der Waals surface area contributed by atoms with E-state index in [1.54, 1.807) is 25.3 Å². The molecule has 0 saturated heterocycles. The fraction of sp³-hybridized carbons (Fsp3) is 0.533. The van der Waals surface area contributed by atoms with Crippen molar-refractivity contribution in [2.75, 3.05) is 18.2 Å². The molecule has 1 saturated carbocycles. The third kappa shape index (κ3) is 4.60. The first-order valence-corrected chi connectivity index (χ1v) is 6.92. The number of ether oxygens (including phenoxy) is 1. The number of nitrogen functional groups attached to an aromatic ring is 1. The molecule has 112 valence electrons. The Labute approximate surface area is 126 Å². The van der Waals surface area contributed by atoms with Crippen LogP contribution < -0.4 is 15.8 Å². The first kappa shape index (κ1) is 16.6. The van der Waals surface area contributed by atoms with Crippen molar-refractivity contribution in [3.8, 4) is 5.75 Å². The van der Waals surface area contributed by atoms with Crippen LogP contribution in [0.25, 0.3) is 0 Å². The normalized spacial score (nSPS) is 14.7. The topological polar surface area (TPSA) is 64.3 Å². The molecule has 0 unspecified atom stereocenters. The molecule has 0 bridgehead atoms. The molecule has 1 amide bonds. The first-order chi connectivity index (χ1) is 9.19.